The van der Waals surface area contributed by atoms with Crippen molar-refractivity contribution in [1.82, 2.24) is 0 Å². The van der Waals surface area contributed by atoms with Gasteiger partial charge in [0.2, 0.25) is 0 Å². The van der Waals surface area contributed by atoms with Crippen molar-refractivity contribution in [3.05, 3.63) is 63.6 Å². The largest absolute Gasteiger partial charge is 0.452 e. The number of carbonyl (C=O) groups excluding carboxylic acids is 2. The molecule has 0 saturated carbocycles. The topological polar surface area (TPSA) is 55.4 Å². The molecule has 6 heteroatoms. The number of aryl methyl sites for hydroxylation is 1. The molecule has 2 aromatic carbocycles. The molecule has 0 saturated heterocycles. The van der Waals surface area contributed by atoms with Crippen LogP contribution < -0.4 is 5.32 Å². The summed E-state index contributed by atoms with van der Waals surface area (Å²) in [5.41, 5.74) is 2.33. The number of amides is 1. The van der Waals surface area contributed by atoms with E-state index in [0.29, 0.717) is 21.3 Å². The van der Waals surface area contributed by atoms with Gasteiger partial charge in [0.15, 0.2) is 6.10 Å². The molecule has 0 radical (unpaired) electrons. The molecule has 0 heterocycles. The third-order valence-corrected chi connectivity index (χ3v) is 3.93. The highest BCUT2D eigenvalue weighted by atomic mass is 35.5. The number of halogens is 2. The fourth-order valence-electron chi connectivity index (χ4n) is 1.99. The van der Waals surface area contributed by atoms with E-state index >= 15 is 0 Å². The summed E-state index contributed by atoms with van der Waals surface area (Å²) in [6.07, 6.45) is -0.942. The van der Waals surface area contributed by atoms with E-state index in [4.69, 9.17) is 27.9 Å². The summed E-state index contributed by atoms with van der Waals surface area (Å²) in [5.74, 6) is -0.930. The van der Waals surface area contributed by atoms with Crippen molar-refractivity contribution in [2.45, 2.75) is 26.4 Å². The first-order chi connectivity index (χ1) is 11.3. The minimum Gasteiger partial charge on any atom is -0.452 e. The number of hydrogen-bond donors (Lipinski definition) is 1. The number of ether oxygens (including phenoxy) is 1. The van der Waals surface area contributed by atoms with Gasteiger partial charge in [-0.15, -0.1) is 0 Å². The third-order valence-electron chi connectivity index (χ3n) is 3.35. The van der Waals surface area contributed by atoms with Gasteiger partial charge in [0.1, 0.15) is 0 Å². The Hall–Kier alpha value is -2.04. The summed E-state index contributed by atoms with van der Waals surface area (Å²) in [6, 6.07) is 12.2. The molecule has 2 rings (SSSR count). The molecule has 24 heavy (non-hydrogen) atoms. The Kier molecular flexibility index (Phi) is 6.23. The second-order valence-corrected chi connectivity index (χ2v) is 6.24. The van der Waals surface area contributed by atoms with Gasteiger partial charge < -0.3 is 10.1 Å². The number of nitrogens with one attached hydrogen (secondary N) is 1. The lowest BCUT2D eigenvalue weighted by molar-refractivity contribution is -0.152. The van der Waals surface area contributed by atoms with Crippen molar-refractivity contribution in [2.75, 3.05) is 5.32 Å². The van der Waals surface area contributed by atoms with Crippen LogP contribution in [0.25, 0.3) is 0 Å². The van der Waals surface area contributed by atoms with Crippen LogP contribution in [0, 0.1) is 6.92 Å². The highest BCUT2D eigenvalue weighted by Crippen LogP contribution is 2.21. The molecule has 0 aliphatic carbocycles. The molecule has 0 aromatic heterocycles. The first-order valence-electron chi connectivity index (χ1n) is 7.36. The summed E-state index contributed by atoms with van der Waals surface area (Å²) >= 11 is 11.8. The maximum Gasteiger partial charge on any atom is 0.311 e. The second-order valence-electron chi connectivity index (χ2n) is 5.40. The molecule has 1 N–H and O–H groups in total. The normalized spacial score (nSPS) is 11.7. The molecule has 0 aliphatic heterocycles. The van der Waals surface area contributed by atoms with E-state index in [1.807, 2.05) is 19.1 Å². The second kappa shape index (κ2) is 8.18. The maximum atomic E-state index is 12.1. The molecule has 0 unspecified atom stereocenters. The maximum absolute atomic E-state index is 12.1. The quantitative estimate of drug-likeness (QED) is 0.798. The summed E-state index contributed by atoms with van der Waals surface area (Å²) in [7, 11) is 0. The molecule has 2 aromatic rings. The number of benzene rings is 2. The molecule has 1 atom stereocenters. The fourth-order valence-corrected chi connectivity index (χ4v) is 2.47. The van der Waals surface area contributed by atoms with Gasteiger partial charge in [-0.2, -0.15) is 0 Å². The molecule has 0 bridgehead atoms. The van der Waals surface area contributed by atoms with E-state index in [-0.39, 0.29) is 6.42 Å². The van der Waals surface area contributed by atoms with Gasteiger partial charge in [0.05, 0.1) is 6.42 Å². The van der Waals surface area contributed by atoms with Crippen molar-refractivity contribution in [2.24, 2.45) is 0 Å². The third kappa shape index (κ3) is 5.25. The van der Waals surface area contributed by atoms with Crippen molar-refractivity contribution in [3.8, 4) is 0 Å². The molecular weight excluding hydrogens is 349 g/mol. The van der Waals surface area contributed by atoms with Crippen molar-refractivity contribution >= 4 is 40.8 Å². The Morgan fingerprint density at radius 1 is 1.12 bits per heavy atom. The van der Waals surface area contributed by atoms with Crippen LogP contribution in [-0.2, 0) is 20.7 Å². The Bertz CT molecular complexity index is 744. The SMILES string of the molecule is Cc1ccc(NC(=O)[C@@H](C)OC(=O)Cc2ccc(Cl)cc2Cl)cc1. The zero-order chi connectivity index (χ0) is 17.7. The average Bonchev–Trinajstić information content (AvgIpc) is 2.52. The number of anilines is 1. The van der Waals surface area contributed by atoms with Crippen LogP contribution in [0.1, 0.15) is 18.1 Å². The highest BCUT2D eigenvalue weighted by molar-refractivity contribution is 6.35. The predicted octanol–water partition coefficient (Wildman–Crippen LogP) is 4.41. The van der Waals surface area contributed by atoms with E-state index < -0.39 is 18.0 Å². The molecule has 0 spiro atoms. The standard InChI is InChI=1S/C18H17Cl2NO3/c1-11-3-7-15(8-4-11)21-18(23)12(2)24-17(22)9-13-5-6-14(19)10-16(13)20/h3-8,10,12H,9H2,1-2H3,(H,21,23)/t12-/m1/s1. The molecular formula is C18H17Cl2NO3. The zero-order valence-electron chi connectivity index (χ0n) is 13.3. The lowest BCUT2D eigenvalue weighted by Crippen LogP contribution is -2.30. The molecule has 0 aliphatic rings. The Labute approximate surface area is 150 Å². The Balaban J connectivity index is 1.90. The minimum absolute atomic E-state index is 0.0296. The molecule has 4 nitrogen and oxygen atoms in total. The number of esters is 1. The van der Waals surface area contributed by atoms with E-state index in [1.54, 1.807) is 30.3 Å². The summed E-state index contributed by atoms with van der Waals surface area (Å²) in [5, 5.41) is 3.57. The molecule has 0 fully saturated rings. The molecule has 1 amide bonds. The van der Waals surface area contributed by atoms with Crippen LogP contribution in [0.15, 0.2) is 42.5 Å². The van der Waals surface area contributed by atoms with Crippen LogP contribution in [0.4, 0.5) is 5.69 Å². The van der Waals surface area contributed by atoms with Gasteiger partial charge in [0, 0.05) is 15.7 Å². The smallest absolute Gasteiger partial charge is 0.311 e. The number of rotatable bonds is 5. The van der Waals surface area contributed by atoms with Crippen molar-refractivity contribution in [3.63, 3.8) is 0 Å². The van der Waals surface area contributed by atoms with Gasteiger partial charge in [-0.25, -0.2) is 0 Å². The van der Waals surface area contributed by atoms with Crippen LogP contribution in [0.5, 0.6) is 0 Å². The fraction of sp³-hybridized carbons (Fsp3) is 0.222. The number of hydrogen-bond acceptors (Lipinski definition) is 3. The van der Waals surface area contributed by atoms with E-state index in [9.17, 15) is 9.59 Å². The van der Waals surface area contributed by atoms with E-state index in [0.717, 1.165) is 5.56 Å². The lowest BCUT2D eigenvalue weighted by Gasteiger charge is -2.14. The van der Waals surface area contributed by atoms with Crippen molar-refractivity contribution in [1.29, 1.82) is 0 Å². The first-order valence-corrected chi connectivity index (χ1v) is 8.11. The average molecular weight is 366 g/mol. The van der Waals surface area contributed by atoms with Gasteiger partial charge in [0.25, 0.3) is 5.91 Å². The Morgan fingerprint density at radius 2 is 1.79 bits per heavy atom. The van der Waals surface area contributed by atoms with E-state index in [1.165, 1.54) is 6.92 Å². The van der Waals surface area contributed by atoms with Gasteiger partial charge >= 0.3 is 5.97 Å². The van der Waals surface area contributed by atoms with E-state index in [2.05, 4.69) is 5.32 Å². The molecule has 126 valence electrons. The predicted molar refractivity (Wildman–Crippen MR) is 95.5 cm³/mol. The zero-order valence-corrected chi connectivity index (χ0v) is 14.8. The van der Waals surface area contributed by atoms with Gasteiger partial charge in [-0.3, -0.25) is 9.59 Å². The summed E-state index contributed by atoms with van der Waals surface area (Å²) in [6.45, 7) is 3.47. The van der Waals surface area contributed by atoms with Gasteiger partial charge in [-0.05, 0) is 43.7 Å². The van der Waals surface area contributed by atoms with Crippen LogP contribution in [0.3, 0.4) is 0 Å². The van der Waals surface area contributed by atoms with Crippen LogP contribution in [0.2, 0.25) is 10.0 Å². The first kappa shape index (κ1) is 18.3. The number of carbonyl (C=O) groups is 2. The van der Waals surface area contributed by atoms with Crippen LogP contribution >= 0.6 is 23.2 Å². The van der Waals surface area contributed by atoms with Gasteiger partial charge in [-0.1, -0.05) is 47.0 Å². The lowest BCUT2D eigenvalue weighted by atomic mass is 10.1. The summed E-state index contributed by atoms with van der Waals surface area (Å²) < 4.78 is 5.15. The monoisotopic (exact) mass is 365 g/mol. The van der Waals surface area contributed by atoms with Crippen LogP contribution in [-0.4, -0.2) is 18.0 Å². The highest BCUT2D eigenvalue weighted by Gasteiger charge is 2.19. The minimum atomic E-state index is -0.912. The summed E-state index contributed by atoms with van der Waals surface area (Å²) in [4.78, 5) is 24.0. The Morgan fingerprint density at radius 3 is 2.42 bits per heavy atom. The van der Waals surface area contributed by atoms with Crippen molar-refractivity contribution < 1.29 is 14.3 Å².